The van der Waals surface area contributed by atoms with Crippen LogP contribution in [0.15, 0.2) is 65.6 Å². The number of nitrogens with one attached hydrogen (secondary N) is 1. The summed E-state index contributed by atoms with van der Waals surface area (Å²) in [5.41, 5.74) is 0.844. The molecular weight excluding hydrogens is 540 g/mol. The van der Waals surface area contributed by atoms with Gasteiger partial charge < -0.3 is 10.1 Å². The van der Waals surface area contributed by atoms with Crippen molar-refractivity contribution < 1.29 is 31.1 Å². The molecular formula is C24H19Cl2F3N2O4S. The van der Waals surface area contributed by atoms with E-state index in [4.69, 9.17) is 27.9 Å². The predicted molar refractivity (Wildman–Crippen MR) is 130 cm³/mol. The third-order valence-corrected chi connectivity index (χ3v) is 8.03. The molecule has 3 aromatic carbocycles. The number of nitrogens with zero attached hydrogens (tertiary/aromatic N) is 1. The molecule has 0 saturated carbocycles. The number of hydrogen-bond donors (Lipinski definition) is 1. The minimum absolute atomic E-state index is 0.0283. The van der Waals surface area contributed by atoms with Gasteiger partial charge in [-0.25, -0.2) is 8.42 Å². The molecule has 0 bridgehead atoms. The lowest BCUT2D eigenvalue weighted by Gasteiger charge is -2.28. The summed E-state index contributed by atoms with van der Waals surface area (Å²) in [6.45, 7) is -0.0264. The Labute approximate surface area is 215 Å². The average molecular weight is 559 g/mol. The molecule has 1 aliphatic rings. The van der Waals surface area contributed by atoms with E-state index in [9.17, 15) is 26.4 Å². The lowest BCUT2D eigenvalue weighted by molar-refractivity contribution is -0.137. The summed E-state index contributed by atoms with van der Waals surface area (Å²) in [5, 5.41) is 2.14. The highest BCUT2D eigenvalue weighted by molar-refractivity contribution is 7.89. The molecule has 0 aliphatic carbocycles. The van der Waals surface area contributed by atoms with Crippen LogP contribution in [0.5, 0.6) is 5.75 Å². The number of sulfonamides is 1. The van der Waals surface area contributed by atoms with Crippen LogP contribution in [0.4, 0.5) is 18.9 Å². The first-order chi connectivity index (χ1) is 16.9. The third kappa shape index (κ3) is 5.78. The van der Waals surface area contributed by atoms with Gasteiger partial charge in [-0.15, -0.1) is 0 Å². The predicted octanol–water partition coefficient (Wildman–Crippen LogP) is 5.78. The van der Waals surface area contributed by atoms with Gasteiger partial charge in [-0.3, -0.25) is 4.79 Å². The lowest BCUT2D eigenvalue weighted by Crippen LogP contribution is -2.35. The van der Waals surface area contributed by atoms with Crippen molar-refractivity contribution >= 4 is 44.8 Å². The Kier molecular flexibility index (Phi) is 7.51. The topological polar surface area (TPSA) is 75.7 Å². The maximum Gasteiger partial charge on any atom is 0.416 e. The first-order valence-electron chi connectivity index (χ1n) is 10.6. The van der Waals surface area contributed by atoms with Crippen LogP contribution in [-0.4, -0.2) is 31.8 Å². The number of carbonyl (C=O) groups excluding carboxylic acids is 1. The monoisotopic (exact) mass is 558 g/mol. The fraction of sp³-hybridized carbons (Fsp3) is 0.208. The fourth-order valence-electron chi connectivity index (χ4n) is 3.71. The SMILES string of the molecule is O=C(COc1ccc(S(=O)(=O)N2CCc3ccccc3C2)cc1Cl)Nc1cc(C(F)(F)F)ccc1Cl. The van der Waals surface area contributed by atoms with Gasteiger partial charge in [-0.2, -0.15) is 17.5 Å². The molecule has 0 spiro atoms. The normalized spacial score (nSPS) is 14.2. The van der Waals surface area contributed by atoms with Gasteiger partial charge in [0.05, 0.1) is 26.2 Å². The largest absolute Gasteiger partial charge is 0.482 e. The van der Waals surface area contributed by atoms with Crippen LogP contribution in [0.1, 0.15) is 16.7 Å². The van der Waals surface area contributed by atoms with E-state index in [0.29, 0.717) is 19.0 Å². The van der Waals surface area contributed by atoms with E-state index in [1.165, 1.54) is 22.5 Å². The van der Waals surface area contributed by atoms with Crippen molar-refractivity contribution in [3.8, 4) is 5.75 Å². The summed E-state index contributed by atoms with van der Waals surface area (Å²) < 4.78 is 71.7. The molecule has 1 heterocycles. The van der Waals surface area contributed by atoms with Crippen LogP contribution in [-0.2, 0) is 34.0 Å². The number of fused-ring (bicyclic) bond motifs is 1. The highest BCUT2D eigenvalue weighted by Gasteiger charge is 2.31. The Morgan fingerprint density at radius 2 is 1.72 bits per heavy atom. The second-order valence-electron chi connectivity index (χ2n) is 7.98. The van der Waals surface area contributed by atoms with Gasteiger partial charge in [0, 0.05) is 13.1 Å². The standard InChI is InChI=1S/C24H19Cl2F3N2O4S/c25-19-7-5-17(24(27,28)29)11-21(19)30-23(32)14-35-22-8-6-18(12-20(22)26)36(33,34)31-10-9-15-3-1-2-4-16(15)13-31/h1-8,11-12H,9-10,13-14H2,(H,30,32). The summed E-state index contributed by atoms with van der Waals surface area (Å²) in [4.78, 5) is 12.2. The lowest BCUT2D eigenvalue weighted by atomic mass is 10.0. The van der Waals surface area contributed by atoms with Gasteiger partial charge in [0.2, 0.25) is 10.0 Å². The minimum atomic E-state index is -4.60. The van der Waals surface area contributed by atoms with E-state index in [2.05, 4.69) is 5.32 Å². The number of benzene rings is 3. The maximum atomic E-state index is 13.1. The average Bonchev–Trinajstić information content (AvgIpc) is 2.83. The van der Waals surface area contributed by atoms with E-state index in [1.807, 2.05) is 24.3 Å². The van der Waals surface area contributed by atoms with Crippen LogP contribution in [0, 0.1) is 0 Å². The van der Waals surface area contributed by atoms with E-state index in [-0.39, 0.29) is 32.9 Å². The van der Waals surface area contributed by atoms with Crippen molar-refractivity contribution in [1.29, 1.82) is 0 Å². The van der Waals surface area contributed by atoms with E-state index in [1.54, 1.807) is 0 Å². The molecule has 0 atom stereocenters. The second-order valence-corrected chi connectivity index (χ2v) is 10.7. The van der Waals surface area contributed by atoms with Crippen molar-refractivity contribution in [1.82, 2.24) is 4.31 Å². The van der Waals surface area contributed by atoms with E-state index < -0.39 is 34.3 Å². The van der Waals surface area contributed by atoms with Gasteiger partial charge in [0.1, 0.15) is 5.75 Å². The van der Waals surface area contributed by atoms with Crippen LogP contribution >= 0.6 is 23.2 Å². The van der Waals surface area contributed by atoms with Crippen LogP contribution < -0.4 is 10.1 Å². The zero-order valence-corrected chi connectivity index (χ0v) is 20.8. The highest BCUT2D eigenvalue weighted by atomic mass is 35.5. The molecule has 6 nitrogen and oxygen atoms in total. The highest BCUT2D eigenvalue weighted by Crippen LogP contribution is 2.34. The number of ether oxygens (including phenoxy) is 1. The first-order valence-corrected chi connectivity index (χ1v) is 12.8. The quantitative estimate of drug-likeness (QED) is 0.416. The second kappa shape index (κ2) is 10.3. The molecule has 190 valence electrons. The Morgan fingerprint density at radius 3 is 2.42 bits per heavy atom. The number of hydrogen-bond acceptors (Lipinski definition) is 4. The molecule has 1 aliphatic heterocycles. The van der Waals surface area contributed by atoms with Crippen molar-refractivity contribution in [3.63, 3.8) is 0 Å². The number of alkyl halides is 3. The van der Waals surface area contributed by atoms with Crippen LogP contribution in [0.25, 0.3) is 0 Å². The third-order valence-electron chi connectivity index (χ3n) is 5.56. The van der Waals surface area contributed by atoms with Gasteiger partial charge in [0.15, 0.2) is 6.61 Å². The summed E-state index contributed by atoms with van der Waals surface area (Å²) in [6.07, 6.45) is -4.01. The zero-order chi connectivity index (χ0) is 26.1. The molecule has 0 radical (unpaired) electrons. The molecule has 12 heteroatoms. The molecule has 36 heavy (non-hydrogen) atoms. The smallest absolute Gasteiger partial charge is 0.416 e. The Bertz CT molecular complexity index is 1410. The van der Waals surface area contributed by atoms with Crippen molar-refractivity contribution in [2.75, 3.05) is 18.5 Å². The number of amides is 1. The van der Waals surface area contributed by atoms with Crippen LogP contribution in [0.2, 0.25) is 10.0 Å². The van der Waals surface area contributed by atoms with Crippen molar-refractivity contribution in [2.45, 2.75) is 24.0 Å². The minimum Gasteiger partial charge on any atom is -0.482 e. The molecule has 0 saturated heterocycles. The first kappa shape index (κ1) is 26.3. The Morgan fingerprint density at radius 1 is 1.00 bits per heavy atom. The van der Waals surface area contributed by atoms with Crippen LogP contribution in [0.3, 0.4) is 0 Å². The number of rotatable bonds is 6. The number of carbonyl (C=O) groups is 1. The molecule has 0 aromatic heterocycles. The molecule has 1 amide bonds. The summed E-state index contributed by atoms with van der Waals surface area (Å²) in [5.74, 6) is -0.749. The van der Waals surface area contributed by atoms with Gasteiger partial charge in [0.25, 0.3) is 5.91 Å². The van der Waals surface area contributed by atoms with E-state index in [0.717, 1.165) is 23.3 Å². The van der Waals surface area contributed by atoms with Gasteiger partial charge in [-0.05, 0) is 53.9 Å². The summed E-state index contributed by atoms with van der Waals surface area (Å²) in [7, 11) is -3.83. The molecule has 0 unspecified atom stereocenters. The van der Waals surface area contributed by atoms with Crippen molar-refractivity contribution in [3.05, 3.63) is 87.4 Å². The summed E-state index contributed by atoms with van der Waals surface area (Å²) in [6, 6.07) is 14.0. The van der Waals surface area contributed by atoms with Gasteiger partial charge >= 0.3 is 6.18 Å². The van der Waals surface area contributed by atoms with Crippen molar-refractivity contribution in [2.24, 2.45) is 0 Å². The number of anilines is 1. The zero-order valence-electron chi connectivity index (χ0n) is 18.5. The molecule has 0 fully saturated rings. The summed E-state index contributed by atoms with van der Waals surface area (Å²) >= 11 is 12.1. The fourth-order valence-corrected chi connectivity index (χ4v) is 5.62. The molecule has 4 rings (SSSR count). The molecule has 3 aromatic rings. The maximum absolute atomic E-state index is 13.1. The Hall–Kier alpha value is -2.79. The van der Waals surface area contributed by atoms with Gasteiger partial charge in [-0.1, -0.05) is 47.5 Å². The Balaban J connectivity index is 1.42. The number of halogens is 5. The molecule has 1 N–H and O–H groups in total. The van der Waals surface area contributed by atoms with E-state index >= 15 is 0 Å².